The molecule has 7 nitrogen and oxygen atoms in total. The SMILES string of the molecule is Cc1cccc(Nc2nc(Nc3cccc(CN)c3)ncc2C(N)=O)c1. The highest BCUT2D eigenvalue weighted by Gasteiger charge is 2.13. The van der Waals surface area contributed by atoms with Crippen LogP contribution in [0.15, 0.2) is 54.7 Å². The Kier molecular flexibility index (Phi) is 5.09. The van der Waals surface area contributed by atoms with Gasteiger partial charge in [0.25, 0.3) is 5.91 Å². The summed E-state index contributed by atoms with van der Waals surface area (Å²) in [6, 6.07) is 15.4. The molecule has 1 amide bonds. The average Bonchev–Trinajstić information content (AvgIpc) is 2.62. The highest BCUT2D eigenvalue weighted by molar-refractivity contribution is 5.98. The third-order valence-corrected chi connectivity index (χ3v) is 3.75. The molecule has 0 spiro atoms. The first-order valence-electron chi connectivity index (χ1n) is 8.12. The number of aryl methyl sites for hydroxylation is 1. The van der Waals surface area contributed by atoms with E-state index in [1.165, 1.54) is 6.20 Å². The van der Waals surface area contributed by atoms with Crippen LogP contribution in [-0.4, -0.2) is 15.9 Å². The second-order valence-electron chi connectivity index (χ2n) is 5.84. The number of nitrogens with zero attached hydrogens (tertiary/aromatic N) is 2. The molecule has 1 aromatic heterocycles. The number of primary amides is 1. The molecule has 0 saturated carbocycles. The van der Waals surface area contributed by atoms with Gasteiger partial charge in [-0.15, -0.1) is 0 Å². The third-order valence-electron chi connectivity index (χ3n) is 3.75. The number of hydrogen-bond donors (Lipinski definition) is 4. The summed E-state index contributed by atoms with van der Waals surface area (Å²) >= 11 is 0. The topological polar surface area (TPSA) is 119 Å². The lowest BCUT2D eigenvalue weighted by Gasteiger charge is -2.12. The van der Waals surface area contributed by atoms with Crippen molar-refractivity contribution >= 4 is 29.0 Å². The molecule has 0 unspecified atom stereocenters. The summed E-state index contributed by atoms with van der Waals surface area (Å²) in [6.07, 6.45) is 1.41. The first-order chi connectivity index (χ1) is 12.5. The Morgan fingerprint density at radius 1 is 1.08 bits per heavy atom. The lowest BCUT2D eigenvalue weighted by molar-refractivity contribution is 0.100. The maximum atomic E-state index is 11.7. The van der Waals surface area contributed by atoms with Gasteiger partial charge in [0.2, 0.25) is 5.95 Å². The van der Waals surface area contributed by atoms with Crippen LogP contribution in [0.3, 0.4) is 0 Å². The van der Waals surface area contributed by atoms with Crippen molar-refractivity contribution in [2.75, 3.05) is 10.6 Å². The highest BCUT2D eigenvalue weighted by atomic mass is 16.1. The number of nitrogens with two attached hydrogens (primary N) is 2. The van der Waals surface area contributed by atoms with E-state index in [0.29, 0.717) is 18.3 Å². The van der Waals surface area contributed by atoms with E-state index in [-0.39, 0.29) is 5.56 Å². The Hall–Kier alpha value is -3.45. The lowest BCUT2D eigenvalue weighted by atomic mass is 10.2. The van der Waals surface area contributed by atoms with Gasteiger partial charge in [0.05, 0.1) is 0 Å². The monoisotopic (exact) mass is 348 g/mol. The van der Waals surface area contributed by atoms with Crippen LogP contribution < -0.4 is 22.1 Å². The fourth-order valence-corrected chi connectivity index (χ4v) is 2.48. The van der Waals surface area contributed by atoms with Crippen molar-refractivity contribution in [2.45, 2.75) is 13.5 Å². The molecule has 0 saturated heterocycles. The minimum atomic E-state index is -0.600. The molecular formula is C19H20N6O. The highest BCUT2D eigenvalue weighted by Crippen LogP contribution is 2.22. The number of nitrogens with one attached hydrogen (secondary N) is 2. The maximum Gasteiger partial charge on any atom is 0.254 e. The van der Waals surface area contributed by atoms with E-state index < -0.39 is 5.91 Å². The van der Waals surface area contributed by atoms with Crippen molar-refractivity contribution in [2.24, 2.45) is 11.5 Å². The zero-order valence-corrected chi connectivity index (χ0v) is 14.4. The zero-order valence-electron chi connectivity index (χ0n) is 14.4. The first kappa shape index (κ1) is 17.4. The standard InChI is InChI=1S/C19H20N6O/c1-12-4-2-6-14(8-12)23-18-16(17(21)26)11-22-19(25-18)24-15-7-3-5-13(9-15)10-20/h2-9,11H,10,20H2,1H3,(H2,21,26)(H2,22,23,24,25). The number of amides is 1. The molecule has 1 heterocycles. The molecule has 0 atom stereocenters. The smallest absolute Gasteiger partial charge is 0.254 e. The van der Waals surface area contributed by atoms with E-state index in [1.807, 2.05) is 55.5 Å². The predicted molar refractivity (Wildman–Crippen MR) is 103 cm³/mol. The van der Waals surface area contributed by atoms with Gasteiger partial charge >= 0.3 is 0 Å². The molecule has 0 radical (unpaired) electrons. The van der Waals surface area contributed by atoms with Crippen LogP contribution in [0.1, 0.15) is 21.5 Å². The largest absolute Gasteiger partial charge is 0.365 e. The van der Waals surface area contributed by atoms with E-state index in [9.17, 15) is 4.79 Å². The minimum Gasteiger partial charge on any atom is -0.365 e. The molecule has 26 heavy (non-hydrogen) atoms. The van der Waals surface area contributed by atoms with Crippen molar-refractivity contribution in [3.63, 3.8) is 0 Å². The maximum absolute atomic E-state index is 11.7. The van der Waals surface area contributed by atoms with Crippen LogP contribution >= 0.6 is 0 Å². The number of benzene rings is 2. The first-order valence-corrected chi connectivity index (χ1v) is 8.12. The molecule has 132 valence electrons. The Morgan fingerprint density at radius 3 is 2.50 bits per heavy atom. The van der Waals surface area contributed by atoms with Crippen molar-refractivity contribution in [1.29, 1.82) is 0 Å². The van der Waals surface area contributed by atoms with Gasteiger partial charge in [0, 0.05) is 24.1 Å². The molecule has 0 aliphatic rings. The van der Waals surface area contributed by atoms with E-state index in [4.69, 9.17) is 11.5 Å². The second-order valence-corrected chi connectivity index (χ2v) is 5.84. The van der Waals surface area contributed by atoms with Crippen LogP contribution in [-0.2, 0) is 6.54 Å². The van der Waals surface area contributed by atoms with Gasteiger partial charge in [-0.1, -0.05) is 24.3 Å². The van der Waals surface area contributed by atoms with Crippen LogP contribution in [0.25, 0.3) is 0 Å². The molecule has 0 aliphatic heterocycles. The Labute approximate surface area is 151 Å². The number of carbonyl (C=O) groups excluding carboxylic acids is 1. The molecule has 3 rings (SSSR count). The van der Waals surface area contributed by atoms with E-state index in [1.54, 1.807) is 0 Å². The number of aromatic nitrogens is 2. The molecular weight excluding hydrogens is 328 g/mol. The summed E-state index contributed by atoms with van der Waals surface area (Å²) in [4.78, 5) is 20.3. The van der Waals surface area contributed by atoms with E-state index in [0.717, 1.165) is 22.5 Å². The quantitative estimate of drug-likeness (QED) is 0.544. The van der Waals surface area contributed by atoms with Gasteiger partial charge in [-0.3, -0.25) is 4.79 Å². The number of anilines is 4. The zero-order chi connectivity index (χ0) is 18.5. The number of hydrogen-bond acceptors (Lipinski definition) is 6. The van der Waals surface area contributed by atoms with Crippen LogP contribution in [0.2, 0.25) is 0 Å². The lowest BCUT2D eigenvalue weighted by Crippen LogP contribution is -2.15. The van der Waals surface area contributed by atoms with Gasteiger partial charge in [-0.25, -0.2) is 4.98 Å². The fraction of sp³-hybridized carbons (Fsp3) is 0.105. The van der Waals surface area contributed by atoms with Crippen molar-refractivity contribution < 1.29 is 4.79 Å². The van der Waals surface area contributed by atoms with E-state index >= 15 is 0 Å². The minimum absolute atomic E-state index is 0.216. The second kappa shape index (κ2) is 7.62. The predicted octanol–water partition coefficient (Wildman–Crippen LogP) is 2.83. The number of rotatable bonds is 6. The summed E-state index contributed by atoms with van der Waals surface area (Å²) in [7, 11) is 0. The van der Waals surface area contributed by atoms with Crippen LogP contribution in [0, 0.1) is 6.92 Å². The third kappa shape index (κ3) is 4.14. The van der Waals surface area contributed by atoms with Crippen LogP contribution in [0.4, 0.5) is 23.1 Å². The Balaban J connectivity index is 1.91. The normalized spacial score (nSPS) is 10.4. The molecule has 0 fully saturated rings. The van der Waals surface area contributed by atoms with Crippen molar-refractivity contribution in [3.05, 3.63) is 71.4 Å². The van der Waals surface area contributed by atoms with Gasteiger partial charge < -0.3 is 22.1 Å². The van der Waals surface area contributed by atoms with Gasteiger partial charge in [-0.2, -0.15) is 4.98 Å². The summed E-state index contributed by atoms with van der Waals surface area (Å²) < 4.78 is 0. The molecule has 7 heteroatoms. The summed E-state index contributed by atoms with van der Waals surface area (Å²) in [5, 5.41) is 6.24. The molecule has 0 bridgehead atoms. The molecule has 3 aromatic rings. The fourth-order valence-electron chi connectivity index (χ4n) is 2.48. The number of carbonyl (C=O) groups is 1. The van der Waals surface area contributed by atoms with Crippen molar-refractivity contribution in [1.82, 2.24) is 9.97 Å². The van der Waals surface area contributed by atoms with Gasteiger partial charge in [0.1, 0.15) is 11.4 Å². The summed E-state index contributed by atoms with van der Waals surface area (Å²) in [6.45, 7) is 2.43. The van der Waals surface area contributed by atoms with Crippen LogP contribution in [0.5, 0.6) is 0 Å². The molecule has 6 N–H and O–H groups in total. The van der Waals surface area contributed by atoms with Gasteiger partial charge in [-0.05, 0) is 42.3 Å². The van der Waals surface area contributed by atoms with Crippen molar-refractivity contribution in [3.8, 4) is 0 Å². The Bertz CT molecular complexity index is 941. The Morgan fingerprint density at radius 2 is 1.81 bits per heavy atom. The van der Waals surface area contributed by atoms with E-state index in [2.05, 4.69) is 20.6 Å². The van der Waals surface area contributed by atoms with Gasteiger partial charge in [0.15, 0.2) is 0 Å². The summed E-state index contributed by atoms with van der Waals surface area (Å²) in [5.41, 5.74) is 15.0. The molecule has 0 aliphatic carbocycles. The average molecular weight is 348 g/mol. The molecule has 2 aromatic carbocycles. The summed E-state index contributed by atoms with van der Waals surface area (Å²) in [5.74, 6) is 0.0896.